The van der Waals surface area contributed by atoms with Gasteiger partial charge in [-0.2, -0.15) is 0 Å². The zero-order valence-electron chi connectivity index (χ0n) is 15.0. The Bertz CT molecular complexity index is 669. The smallest absolute Gasteiger partial charge is 0.130 e. The molecule has 1 aliphatic rings. The van der Waals surface area contributed by atoms with E-state index in [0.29, 0.717) is 24.6 Å². The fourth-order valence-electron chi connectivity index (χ4n) is 3.13. The molecule has 0 unspecified atom stereocenters. The topological polar surface area (TPSA) is 38.2 Å². The van der Waals surface area contributed by atoms with Crippen LogP contribution in [-0.2, 0) is 17.8 Å². The minimum atomic E-state index is -0.161. The van der Waals surface area contributed by atoms with Crippen LogP contribution in [0.4, 0.5) is 4.39 Å². The zero-order chi connectivity index (χ0) is 17.6. The molecule has 2 aromatic rings. The minimum absolute atomic E-state index is 0.161. The molecule has 3 rings (SSSR count). The molecule has 4 nitrogen and oxygen atoms in total. The monoisotopic (exact) mass is 343 g/mol. The Morgan fingerprint density at radius 1 is 1.20 bits per heavy atom. The Morgan fingerprint density at radius 3 is 2.60 bits per heavy atom. The summed E-state index contributed by atoms with van der Waals surface area (Å²) in [6, 6.07) is 6.96. The van der Waals surface area contributed by atoms with Crippen molar-refractivity contribution in [3.8, 4) is 0 Å². The molecule has 1 atom stereocenters. The number of nitrogens with zero attached hydrogens (tertiary/aromatic N) is 3. The van der Waals surface area contributed by atoms with Crippen LogP contribution >= 0.6 is 0 Å². The lowest BCUT2D eigenvalue weighted by Crippen LogP contribution is -2.32. The standard InChI is InChI=1S/C20H26FN3O/c1-15(2)20-22-10-16(11-23-20)12-24(14-18-7-5-9-25-18)13-17-6-3-4-8-19(17)21/h3-4,6,8,10-11,15,18H,5,7,9,12-14H2,1-2H3/t18-/m0/s1. The van der Waals surface area contributed by atoms with Gasteiger partial charge in [-0.15, -0.1) is 0 Å². The van der Waals surface area contributed by atoms with Gasteiger partial charge >= 0.3 is 0 Å². The van der Waals surface area contributed by atoms with Crippen LogP contribution in [0, 0.1) is 5.82 Å². The van der Waals surface area contributed by atoms with E-state index in [1.54, 1.807) is 6.07 Å². The Morgan fingerprint density at radius 2 is 1.96 bits per heavy atom. The van der Waals surface area contributed by atoms with Gasteiger partial charge in [-0.25, -0.2) is 14.4 Å². The van der Waals surface area contributed by atoms with Crippen molar-refractivity contribution in [2.75, 3.05) is 13.2 Å². The number of halogens is 1. The van der Waals surface area contributed by atoms with E-state index in [9.17, 15) is 4.39 Å². The van der Waals surface area contributed by atoms with Gasteiger partial charge in [0.25, 0.3) is 0 Å². The van der Waals surface area contributed by atoms with Gasteiger partial charge < -0.3 is 4.74 Å². The molecular weight excluding hydrogens is 317 g/mol. The van der Waals surface area contributed by atoms with Crippen LogP contribution in [0.5, 0.6) is 0 Å². The van der Waals surface area contributed by atoms with E-state index in [-0.39, 0.29) is 11.9 Å². The Kier molecular flexibility index (Phi) is 6.10. The second kappa shape index (κ2) is 8.50. The summed E-state index contributed by atoms with van der Waals surface area (Å²) in [6.07, 6.45) is 6.15. The molecule has 0 radical (unpaired) electrons. The van der Waals surface area contributed by atoms with Gasteiger partial charge in [-0.1, -0.05) is 32.0 Å². The molecule has 1 aromatic heterocycles. The Labute approximate surface area is 149 Å². The number of hydrogen-bond donors (Lipinski definition) is 0. The molecule has 2 heterocycles. The van der Waals surface area contributed by atoms with Crippen molar-refractivity contribution >= 4 is 0 Å². The predicted octanol–water partition coefficient (Wildman–Crippen LogP) is 3.92. The third kappa shape index (κ3) is 5.06. The van der Waals surface area contributed by atoms with Crippen LogP contribution in [0.2, 0.25) is 0 Å². The Hall–Kier alpha value is -1.85. The lowest BCUT2D eigenvalue weighted by atomic mass is 10.1. The lowest BCUT2D eigenvalue weighted by molar-refractivity contribution is 0.0674. The van der Waals surface area contributed by atoms with E-state index in [4.69, 9.17) is 4.74 Å². The van der Waals surface area contributed by atoms with Crippen LogP contribution < -0.4 is 0 Å². The van der Waals surface area contributed by atoms with Crippen LogP contribution in [0.1, 0.15) is 49.6 Å². The normalized spacial score (nSPS) is 17.6. The summed E-state index contributed by atoms with van der Waals surface area (Å²) < 4.78 is 19.8. The van der Waals surface area contributed by atoms with Gasteiger partial charge in [0.05, 0.1) is 6.10 Å². The van der Waals surface area contributed by atoms with Crippen molar-refractivity contribution in [1.82, 2.24) is 14.9 Å². The van der Waals surface area contributed by atoms with E-state index in [1.165, 1.54) is 6.07 Å². The molecule has 25 heavy (non-hydrogen) atoms. The SMILES string of the molecule is CC(C)c1ncc(CN(Cc2ccccc2F)C[C@@H]2CCCO2)cn1. The molecular formula is C20H26FN3O. The van der Waals surface area contributed by atoms with Crippen LogP contribution in [-0.4, -0.2) is 34.1 Å². The van der Waals surface area contributed by atoms with Gasteiger partial charge in [0.15, 0.2) is 0 Å². The number of benzene rings is 1. The first kappa shape index (κ1) is 18.0. The van der Waals surface area contributed by atoms with E-state index in [2.05, 4.69) is 28.7 Å². The minimum Gasteiger partial charge on any atom is -0.377 e. The van der Waals surface area contributed by atoms with Crippen LogP contribution in [0.15, 0.2) is 36.7 Å². The highest BCUT2D eigenvalue weighted by atomic mass is 19.1. The molecule has 0 saturated carbocycles. The average molecular weight is 343 g/mol. The molecule has 134 valence electrons. The maximum absolute atomic E-state index is 14.1. The van der Waals surface area contributed by atoms with Crippen LogP contribution in [0.3, 0.4) is 0 Å². The zero-order valence-corrected chi connectivity index (χ0v) is 15.0. The first-order valence-corrected chi connectivity index (χ1v) is 9.00. The number of aromatic nitrogens is 2. The third-order valence-electron chi connectivity index (χ3n) is 4.49. The number of ether oxygens (including phenoxy) is 1. The summed E-state index contributed by atoms with van der Waals surface area (Å²) in [5, 5.41) is 0. The van der Waals surface area contributed by atoms with Gasteiger partial charge in [0, 0.05) is 55.7 Å². The quantitative estimate of drug-likeness (QED) is 0.764. The van der Waals surface area contributed by atoms with Gasteiger partial charge in [0.2, 0.25) is 0 Å². The summed E-state index contributed by atoms with van der Waals surface area (Å²) in [4.78, 5) is 11.1. The van der Waals surface area contributed by atoms with Crippen molar-refractivity contribution < 1.29 is 9.13 Å². The molecule has 0 N–H and O–H groups in total. The summed E-state index contributed by atoms with van der Waals surface area (Å²) >= 11 is 0. The highest BCUT2D eigenvalue weighted by molar-refractivity contribution is 5.17. The van der Waals surface area contributed by atoms with Crippen molar-refractivity contribution in [2.45, 2.75) is 51.8 Å². The maximum atomic E-state index is 14.1. The second-order valence-corrected chi connectivity index (χ2v) is 7.00. The average Bonchev–Trinajstić information content (AvgIpc) is 3.10. The van der Waals surface area contributed by atoms with Gasteiger partial charge in [-0.05, 0) is 18.9 Å². The molecule has 1 aliphatic heterocycles. The molecule has 1 saturated heterocycles. The molecule has 5 heteroatoms. The van der Waals surface area contributed by atoms with Crippen molar-refractivity contribution in [2.24, 2.45) is 0 Å². The fraction of sp³-hybridized carbons (Fsp3) is 0.500. The Balaban J connectivity index is 1.72. The third-order valence-corrected chi connectivity index (χ3v) is 4.49. The molecule has 1 aromatic carbocycles. The van der Waals surface area contributed by atoms with Crippen molar-refractivity contribution in [3.63, 3.8) is 0 Å². The van der Waals surface area contributed by atoms with Gasteiger partial charge in [0.1, 0.15) is 11.6 Å². The molecule has 0 spiro atoms. The molecule has 0 aliphatic carbocycles. The van der Waals surface area contributed by atoms with Crippen molar-refractivity contribution in [1.29, 1.82) is 0 Å². The second-order valence-electron chi connectivity index (χ2n) is 7.00. The number of rotatable bonds is 7. The molecule has 0 bridgehead atoms. The summed E-state index contributed by atoms with van der Waals surface area (Å²) in [5.74, 6) is 1.00. The highest BCUT2D eigenvalue weighted by Gasteiger charge is 2.20. The molecule has 1 fully saturated rings. The van der Waals surface area contributed by atoms with E-state index in [1.807, 2.05) is 24.5 Å². The van der Waals surface area contributed by atoms with Crippen molar-refractivity contribution in [3.05, 3.63) is 59.4 Å². The molecule has 0 amide bonds. The lowest BCUT2D eigenvalue weighted by Gasteiger charge is -2.25. The van der Waals surface area contributed by atoms with E-state index >= 15 is 0 Å². The van der Waals surface area contributed by atoms with Crippen LogP contribution in [0.25, 0.3) is 0 Å². The van der Waals surface area contributed by atoms with Gasteiger partial charge in [-0.3, -0.25) is 4.90 Å². The maximum Gasteiger partial charge on any atom is 0.130 e. The number of hydrogen-bond acceptors (Lipinski definition) is 4. The summed E-state index contributed by atoms with van der Waals surface area (Å²) in [7, 11) is 0. The summed E-state index contributed by atoms with van der Waals surface area (Å²) in [6.45, 7) is 7.02. The highest BCUT2D eigenvalue weighted by Crippen LogP contribution is 2.18. The first-order valence-electron chi connectivity index (χ1n) is 9.00. The first-order chi connectivity index (χ1) is 12.1. The van der Waals surface area contributed by atoms with E-state index < -0.39 is 0 Å². The fourth-order valence-corrected chi connectivity index (χ4v) is 3.13. The largest absolute Gasteiger partial charge is 0.377 e. The summed E-state index contributed by atoms with van der Waals surface area (Å²) in [5.41, 5.74) is 1.75. The predicted molar refractivity (Wildman–Crippen MR) is 95.6 cm³/mol. The van der Waals surface area contributed by atoms with E-state index in [0.717, 1.165) is 37.4 Å².